The minimum Gasteiger partial charge on any atom is -0.317 e. The third-order valence-corrected chi connectivity index (χ3v) is 4.67. The molecule has 2 nitrogen and oxygen atoms in total. The van der Waals surface area contributed by atoms with E-state index in [1.54, 1.807) is 5.57 Å². The highest BCUT2D eigenvalue weighted by atomic mass is 15.1. The largest absolute Gasteiger partial charge is 0.317 e. The molecule has 2 aliphatic rings. The second-order valence-corrected chi connectivity index (χ2v) is 7.53. The third-order valence-electron chi connectivity index (χ3n) is 4.67. The van der Waals surface area contributed by atoms with Crippen LogP contribution in [0.15, 0.2) is 11.6 Å². The Bertz CT molecular complexity index is 306. The van der Waals surface area contributed by atoms with Gasteiger partial charge in [-0.05, 0) is 43.2 Å². The Labute approximate surface area is 113 Å². The van der Waals surface area contributed by atoms with E-state index >= 15 is 0 Å². The van der Waals surface area contributed by atoms with Crippen LogP contribution in [0.1, 0.15) is 47.0 Å². The molecule has 1 N–H and O–H groups in total. The third kappa shape index (κ3) is 3.58. The molecule has 0 spiro atoms. The second kappa shape index (κ2) is 5.34. The first kappa shape index (κ1) is 14.1. The fraction of sp³-hybridized carbons (Fsp3) is 0.875. The van der Waals surface area contributed by atoms with Crippen molar-refractivity contribution in [2.24, 2.45) is 10.8 Å². The summed E-state index contributed by atoms with van der Waals surface area (Å²) in [7, 11) is 0. The Morgan fingerprint density at radius 1 is 1.28 bits per heavy atom. The zero-order valence-electron chi connectivity index (χ0n) is 12.7. The quantitative estimate of drug-likeness (QED) is 0.758. The molecule has 1 saturated heterocycles. The van der Waals surface area contributed by atoms with E-state index in [1.807, 2.05) is 0 Å². The van der Waals surface area contributed by atoms with Crippen molar-refractivity contribution in [1.82, 2.24) is 10.2 Å². The molecule has 0 bridgehead atoms. The number of nitrogens with one attached hydrogen (secondary N) is 1. The van der Waals surface area contributed by atoms with E-state index in [0.29, 0.717) is 10.8 Å². The van der Waals surface area contributed by atoms with Gasteiger partial charge in [0.15, 0.2) is 0 Å². The van der Waals surface area contributed by atoms with Gasteiger partial charge in [0, 0.05) is 19.6 Å². The highest BCUT2D eigenvalue weighted by Gasteiger charge is 2.30. The van der Waals surface area contributed by atoms with Crippen LogP contribution < -0.4 is 5.32 Å². The Morgan fingerprint density at radius 3 is 2.44 bits per heavy atom. The van der Waals surface area contributed by atoms with Crippen LogP contribution in [0.4, 0.5) is 0 Å². The first-order chi connectivity index (χ1) is 8.39. The van der Waals surface area contributed by atoms with Crippen LogP contribution in [-0.4, -0.2) is 37.6 Å². The highest BCUT2D eigenvalue weighted by molar-refractivity contribution is 5.14. The smallest absolute Gasteiger partial charge is 0.0166 e. The molecular formula is C16H30N2. The van der Waals surface area contributed by atoms with Crippen LogP contribution in [0, 0.1) is 10.8 Å². The van der Waals surface area contributed by atoms with Gasteiger partial charge in [-0.15, -0.1) is 0 Å². The predicted molar refractivity (Wildman–Crippen MR) is 78.8 cm³/mol. The summed E-state index contributed by atoms with van der Waals surface area (Å²) in [5, 5.41) is 3.47. The van der Waals surface area contributed by atoms with E-state index in [9.17, 15) is 0 Å². The van der Waals surface area contributed by atoms with Gasteiger partial charge in [0.1, 0.15) is 0 Å². The van der Waals surface area contributed by atoms with Gasteiger partial charge >= 0.3 is 0 Å². The van der Waals surface area contributed by atoms with Gasteiger partial charge in [-0.2, -0.15) is 0 Å². The Hall–Kier alpha value is -0.340. The van der Waals surface area contributed by atoms with Gasteiger partial charge in [-0.1, -0.05) is 39.3 Å². The van der Waals surface area contributed by atoms with E-state index in [1.165, 1.54) is 45.4 Å². The summed E-state index contributed by atoms with van der Waals surface area (Å²) in [5.74, 6) is 0. The van der Waals surface area contributed by atoms with E-state index in [0.717, 1.165) is 6.54 Å². The number of piperidine rings is 1. The van der Waals surface area contributed by atoms with Gasteiger partial charge in [-0.25, -0.2) is 0 Å². The standard InChI is InChI=1S/C16H30N2/c1-15(2,3)14-5-11-18(12-6-14)13-16(4)7-9-17-10-8-16/h5,17H,6-13H2,1-4H3. The lowest BCUT2D eigenvalue weighted by atomic mass is 9.79. The fourth-order valence-electron chi connectivity index (χ4n) is 3.26. The zero-order valence-corrected chi connectivity index (χ0v) is 12.7. The first-order valence-corrected chi connectivity index (χ1v) is 7.52. The summed E-state index contributed by atoms with van der Waals surface area (Å²) in [6, 6.07) is 0. The lowest BCUT2D eigenvalue weighted by Gasteiger charge is -2.40. The number of rotatable bonds is 2. The van der Waals surface area contributed by atoms with Crippen molar-refractivity contribution >= 4 is 0 Å². The van der Waals surface area contributed by atoms with Gasteiger partial charge in [0.2, 0.25) is 0 Å². The minimum absolute atomic E-state index is 0.366. The van der Waals surface area contributed by atoms with Gasteiger partial charge in [0.05, 0.1) is 0 Å². The maximum atomic E-state index is 3.47. The Morgan fingerprint density at radius 2 is 1.94 bits per heavy atom. The van der Waals surface area contributed by atoms with Crippen molar-refractivity contribution in [2.45, 2.75) is 47.0 Å². The Kier molecular flexibility index (Phi) is 4.18. The van der Waals surface area contributed by atoms with Crippen molar-refractivity contribution in [1.29, 1.82) is 0 Å². The van der Waals surface area contributed by atoms with Crippen LogP contribution in [-0.2, 0) is 0 Å². The molecule has 0 atom stereocenters. The predicted octanol–water partition coefficient (Wildman–Crippen LogP) is 3.05. The SMILES string of the molecule is CC1(CN2CC=C(C(C)(C)C)CC2)CCNCC1. The topological polar surface area (TPSA) is 15.3 Å². The molecule has 0 radical (unpaired) electrons. The lowest BCUT2D eigenvalue weighted by Crippen LogP contribution is -2.44. The monoisotopic (exact) mass is 250 g/mol. The molecule has 2 aliphatic heterocycles. The molecule has 2 heteroatoms. The van der Waals surface area contributed by atoms with Crippen LogP contribution in [0.5, 0.6) is 0 Å². The molecule has 0 unspecified atom stereocenters. The van der Waals surface area contributed by atoms with Crippen molar-refractivity contribution in [3.05, 3.63) is 11.6 Å². The van der Waals surface area contributed by atoms with E-state index in [2.05, 4.69) is 44.0 Å². The maximum Gasteiger partial charge on any atom is 0.0166 e. The molecule has 0 aromatic rings. The molecule has 18 heavy (non-hydrogen) atoms. The summed E-state index contributed by atoms with van der Waals surface area (Å²) >= 11 is 0. The molecular weight excluding hydrogens is 220 g/mol. The van der Waals surface area contributed by atoms with Crippen molar-refractivity contribution in [3.63, 3.8) is 0 Å². The first-order valence-electron chi connectivity index (χ1n) is 7.52. The van der Waals surface area contributed by atoms with Gasteiger partial charge in [-0.3, -0.25) is 4.90 Å². The zero-order chi connectivity index (χ0) is 13.2. The van der Waals surface area contributed by atoms with Crippen LogP contribution >= 0.6 is 0 Å². The number of hydrogen-bond donors (Lipinski definition) is 1. The van der Waals surface area contributed by atoms with Gasteiger partial charge in [0.25, 0.3) is 0 Å². The summed E-state index contributed by atoms with van der Waals surface area (Å²) in [6.07, 6.45) is 6.41. The molecule has 0 aromatic heterocycles. The van der Waals surface area contributed by atoms with Crippen molar-refractivity contribution < 1.29 is 0 Å². The molecule has 104 valence electrons. The Balaban J connectivity index is 1.88. The molecule has 2 heterocycles. The summed E-state index contributed by atoms with van der Waals surface area (Å²) in [4.78, 5) is 2.65. The molecule has 0 saturated carbocycles. The maximum absolute atomic E-state index is 3.47. The minimum atomic E-state index is 0.366. The molecule has 1 fully saturated rings. The fourth-order valence-corrected chi connectivity index (χ4v) is 3.26. The van der Waals surface area contributed by atoms with Crippen LogP contribution in [0.25, 0.3) is 0 Å². The summed E-state index contributed by atoms with van der Waals surface area (Å²) in [6.45, 7) is 15.6. The van der Waals surface area contributed by atoms with Crippen LogP contribution in [0.2, 0.25) is 0 Å². The molecule has 0 aliphatic carbocycles. The highest BCUT2D eigenvalue weighted by Crippen LogP contribution is 2.33. The van der Waals surface area contributed by atoms with E-state index in [-0.39, 0.29) is 0 Å². The van der Waals surface area contributed by atoms with E-state index < -0.39 is 0 Å². The number of nitrogens with zero attached hydrogens (tertiary/aromatic N) is 1. The average molecular weight is 250 g/mol. The molecule has 0 aromatic carbocycles. The lowest BCUT2D eigenvalue weighted by molar-refractivity contribution is 0.132. The van der Waals surface area contributed by atoms with Crippen molar-refractivity contribution in [2.75, 3.05) is 32.7 Å². The normalized spacial score (nSPS) is 25.9. The average Bonchev–Trinajstić information content (AvgIpc) is 2.29. The van der Waals surface area contributed by atoms with E-state index in [4.69, 9.17) is 0 Å². The van der Waals surface area contributed by atoms with Crippen molar-refractivity contribution in [3.8, 4) is 0 Å². The number of hydrogen-bond acceptors (Lipinski definition) is 2. The summed E-state index contributed by atoms with van der Waals surface area (Å²) in [5.41, 5.74) is 2.55. The molecule has 2 rings (SSSR count). The van der Waals surface area contributed by atoms with Gasteiger partial charge < -0.3 is 5.32 Å². The summed E-state index contributed by atoms with van der Waals surface area (Å²) < 4.78 is 0. The van der Waals surface area contributed by atoms with Crippen LogP contribution in [0.3, 0.4) is 0 Å². The molecule has 0 amide bonds. The second-order valence-electron chi connectivity index (χ2n) is 7.53.